The highest BCUT2D eigenvalue weighted by molar-refractivity contribution is 6.14. The maximum absolute atomic E-state index is 12.7. The summed E-state index contributed by atoms with van der Waals surface area (Å²) in [7, 11) is 5.97. The van der Waals surface area contributed by atoms with Crippen molar-refractivity contribution in [3.8, 4) is 0 Å². The first-order valence-corrected chi connectivity index (χ1v) is 11.3. The normalized spacial score (nSPS) is 10.7. The van der Waals surface area contributed by atoms with Crippen LogP contribution in [0.3, 0.4) is 0 Å². The second kappa shape index (κ2) is 13.8. The highest BCUT2D eigenvalue weighted by Crippen LogP contribution is 2.21. The van der Waals surface area contributed by atoms with E-state index in [1.54, 1.807) is 24.3 Å². The third-order valence-corrected chi connectivity index (χ3v) is 5.31. The summed E-state index contributed by atoms with van der Waals surface area (Å²) in [5.41, 5.74) is 4.28. The number of hydrogen-bond acceptors (Lipinski definition) is 1. The van der Waals surface area contributed by atoms with Gasteiger partial charge in [0.15, 0.2) is 0 Å². The molecule has 0 saturated carbocycles. The van der Waals surface area contributed by atoms with Crippen LogP contribution in [0.5, 0.6) is 0 Å². The number of hydrogen-bond donors (Lipinski definition) is 1. The van der Waals surface area contributed by atoms with E-state index in [0.717, 1.165) is 17.5 Å². The van der Waals surface area contributed by atoms with Crippen molar-refractivity contribution >= 4 is 7.85 Å². The fourth-order valence-electron chi connectivity index (χ4n) is 3.41. The van der Waals surface area contributed by atoms with Crippen molar-refractivity contribution in [2.45, 2.75) is 71.0 Å². The molecule has 164 valence electrons. The number of aromatic amines is 1. The van der Waals surface area contributed by atoms with Gasteiger partial charge in [-0.1, -0.05) is 63.8 Å². The number of H-pyrrole nitrogens is 1. The Morgan fingerprint density at radius 1 is 0.774 bits per heavy atom. The van der Waals surface area contributed by atoms with Crippen LogP contribution in [-0.4, -0.2) is 17.8 Å². The Morgan fingerprint density at radius 3 is 1.74 bits per heavy atom. The van der Waals surface area contributed by atoms with Crippen molar-refractivity contribution in [1.82, 2.24) is 9.97 Å². The van der Waals surface area contributed by atoms with E-state index in [-0.39, 0.29) is 17.5 Å². The van der Waals surface area contributed by atoms with Crippen LogP contribution in [-0.2, 0) is 12.8 Å². The number of nitrogens with zero attached hydrogens (tertiary/aromatic N) is 1. The van der Waals surface area contributed by atoms with Gasteiger partial charge in [0, 0.05) is 5.69 Å². The van der Waals surface area contributed by atoms with Gasteiger partial charge in [-0.15, -0.1) is 0 Å². The maximum atomic E-state index is 12.7. The fourth-order valence-corrected chi connectivity index (χ4v) is 3.41. The average Bonchev–Trinajstić information content (AvgIpc) is 3.22. The smallest absolute Gasteiger partial charge is 0.123 e. The van der Waals surface area contributed by atoms with Crippen LogP contribution >= 0.6 is 0 Å². The number of imidazole rings is 1. The topological polar surface area (TPSA) is 28.7 Å². The highest BCUT2D eigenvalue weighted by Gasteiger charge is 2.08. The molecule has 0 saturated heterocycles. The van der Waals surface area contributed by atoms with Gasteiger partial charge in [-0.25, -0.2) is 13.8 Å². The second-order valence-electron chi connectivity index (χ2n) is 7.82. The van der Waals surface area contributed by atoms with E-state index < -0.39 is 0 Å². The van der Waals surface area contributed by atoms with E-state index in [4.69, 9.17) is 7.85 Å². The van der Waals surface area contributed by atoms with Gasteiger partial charge in [-0.3, -0.25) is 0 Å². The quantitative estimate of drug-likeness (QED) is 0.274. The van der Waals surface area contributed by atoms with Crippen LogP contribution in [0.2, 0.25) is 0 Å². The van der Waals surface area contributed by atoms with Gasteiger partial charge in [0.05, 0.1) is 19.9 Å². The van der Waals surface area contributed by atoms with Crippen molar-refractivity contribution < 1.29 is 8.78 Å². The molecule has 3 rings (SSSR count). The summed E-state index contributed by atoms with van der Waals surface area (Å²) in [6.07, 6.45) is 12.0. The molecule has 2 radical (unpaired) electrons. The van der Waals surface area contributed by atoms with Crippen LogP contribution < -0.4 is 0 Å². The van der Waals surface area contributed by atoms with Crippen LogP contribution in [0.25, 0.3) is 0 Å². The standard InChI is InChI=1S/C13H9BF2.C13H24N2/c14-13(9-1-5-11(15)6-2-9)10-3-7-12(16)8-4-10;1-3-5-7-9-12-13(15-11-14-12)10-8-6-4-2/h1-8,13H;11H,3-10H2,1-2H3,(H,14,15). The third-order valence-electron chi connectivity index (χ3n) is 5.31. The average molecular weight is 422 g/mol. The number of benzene rings is 2. The predicted octanol–water partition coefficient (Wildman–Crippen LogP) is 7.10. The Balaban J connectivity index is 0.000000221. The minimum absolute atomic E-state index is 0.296. The Kier molecular flexibility index (Phi) is 11.1. The zero-order chi connectivity index (χ0) is 22.5. The molecular formula is C26H33BF2N2. The molecule has 0 aliphatic heterocycles. The summed E-state index contributed by atoms with van der Waals surface area (Å²) in [5, 5.41) is 0. The lowest BCUT2D eigenvalue weighted by Crippen LogP contribution is -2.00. The van der Waals surface area contributed by atoms with E-state index in [1.807, 2.05) is 6.33 Å². The third kappa shape index (κ3) is 8.68. The van der Waals surface area contributed by atoms with E-state index in [0.29, 0.717) is 0 Å². The molecule has 0 spiro atoms. The first kappa shape index (κ1) is 24.8. The molecular weight excluding hydrogens is 389 g/mol. The lowest BCUT2D eigenvalue weighted by molar-refractivity contribution is 0.626. The molecule has 0 unspecified atom stereocenters. The lowest BCUT2D eigenvalue weighted by Gasteiger charge is -2.12. The van der Waals surface area contributed by atoms with Crippen molar-refractivity contribution in [1.29, 1.82) is 0 Å². The Labute approximate surface area is 186 Å². The second-order valence-corrected chi connectivity index (χ2v) is 7.82. The molecule has 2 nitrogen and oxygen atoms in total. The van der Waals surface area contributed by atoms with Crippen molar-refractivity contribution in [3.63, 3.8) is 0 Å². The minimum atomic E-state index is -0.360. The monoisotopic (exact) mass is 422 g/mol. The maximum Gasteiger partial charge on any atom is 0.123 e. The summed E-state index contributed by atoms with van der Waals surface area (Å²) in [4.78, 5) is 7.69. The molecule has 0 aliphatic carbocycles. The molecule has 0 fully saturated rings. The van der Waals surface area contributed by atoms with Crippen molar-refractivity contribution in [2.75, 3.05) is 0 Å². The lowest BCUT2D eigenvalue weighted by atomic mass is 9.76. The molecule has 5 heteroatoms. The molecule has 2 aromatic carbocycles. The highest BCUT2D eigenvalue weighted by atomic mass is 19.1. The van der Waals surface area contributed by atoms with E-state index >= 15 is 0 Å². The molecule has 0 bridgehead atoms. The predicted molar refractivity (Wildman–Crippen MR) is 125 cm³/mol. The van der Waals surface area contributed by atoms with Gasteiger partial charge in [0.2, 0.25) is 0 Å². The number of aromatic nitrogens is 2. The van der Waals surface area contributed by atoms with Gasteiger partial charge in [-0.05, 0) is 66.9 Å². The summed E-state index contributed by atoms with van der Waals surface area (Å²) >= 11 is 0. The number of unbranched alkanes of at least 4 members (excludes halogenated alkanes) is 4. The van der Waals surface area contributed by atoms with Crippen LogP contribution in [0.4, 0.5) is 8.78 Å². The van der Waals surface area contributed by atoms with Crippen LogP contribution in [0, 0.1) is 11.6 Å². The summed E-state index contributed by atoms with van der Waals surface area (Å²) in [6, 6.07) is 12.0. The number of aryl methyl sites for hydroxylation is 2. The van der Waals surface area contributed by atoms with Gasteiger partial charge in [0.1, 0.15) is 11.6 Å². The fraction of sp³-hybridized carbons (Fsp3) is 0.423. The molecule has 1 N–H and O–H groups in total. The number of halogens is 2. The Bertz CT molecular complexity index is 790. The molecule has 31 heavy (non-hydrogen) atoms. The minimum Gasteiger partial charge on any atom is -0.348 e. The molecule has 0 atom stereocenters. The molecule has 0 aliphatic rings. The van der Waals surface area contributed by atoms with Crippen LogP contribution in [0.1, 0.15) is 80.7 Å². The SMILES string of the molecule is CCCCCc1nc[nH]c1CCCCC.[B]C(c1ccc(F)cc1)c1ccc(F)cc1. The van der Waals surface area contributed by atoms with Crippen molar-refractivity contribution in [3.05, 3.63) is 89.0 Å². The summed E-state index contributed by atoms with van der Waals surface area (Å²) < 4.78 is 25.4. The first-order valence-electron chi connectivity index (χ1n) is 11.3. The van der Waals surface area contributed by atoms with E-state index in [1.165, 1.54) is 80.6 Å². The summed E-state index contributed by atoms with van der Waals surface area (Å²) in [5.74, 6) is -0.952. The zero-order valence-corrected chi connectivity index (χ0v) is 18.7. The number of rotatable bonds is 10. The Hall–Kier alpha value is -2.43. The first-order chi connectivity index (χ1) is 15.0. The summed E-state index contributed by atoms with van der Waals surface area (Å²) in [6.45, 7) is 4.49. The van der Waals surface area contributed by atoms with E-state index in [9.17, 15) is 8.78 Å². The number of nitrogens with one attached hydrogen (secondary N) is 1. The van der Waals surface area contributed by atoms with Gasteiger partial charge in [-0.2, -0.15) is 0 Å². The van der Waals surface area contributed by atoms with E-state index in [2.05, 4.69) is 23.8 Å². The van der Waals surface area contributed by atoms with Gasteiger partial charge >= 0.3 is 0 Å². The van der Waals surface area contributed by atoms with Crippen LogP contribution in [0.15, 0.2) is 54.9 Å². The largest absolute Gasteiger partial charge is 0.348 e. The molecule has 0 amide bonds. The van der Waals surface area contributed by atoms with Gasteiger partial charge in [0.25, 0.3) is 0 Å². The molecule has 3 aromatic rings. The molecule has 1 heterocycles. The van der Waals surface area contributed by atoms with Gasteiger partial charge < -0.3 is 4.98 Å². The molecule has 1 aromatic heterocycles. The van der Waals surface area contributed by atoms with Crippen molar-refractivity contribution in [2.24, 2.45) is 0 Å². The Morgan fingerprint density at radius 2 is 1.26 bits per heavy atom. The zero-order valence-electron chi connectivity index (χ0n) is 18.7.